The number of carboxylic acids is 1. The maximum absolute atomic E-state index is 12.2. The smallest absolute Gasteiger partial charge is 0.335 e. The summed E-state index contributed by atoms with van der Waals surface area (Å²) in [6.07, 6.45) is 1.02. The Bertz CT molecular complexity index is 725. The number of carbonyl (C=O) groups excluding carboxylic acids is 1. The average Bonchev–Trinajstić information content (AvgIpc) is 2.87. The van der Waals surface area contributed by atoms with Crippen LogP contribution in [-0.2, 0) is 17.8 Å². The monoisotopic (exact) mass is 365 g/mol. The number of thiophene rings is 1. The van der Waals surface area contributed by atoms with Crippen molar-refractivity contribution in [2.45, 2.75) is 19.4 Å². The van der Waals surface area contributed by atoms with Crippen molar-refractivity contribution in [3.8, 4) is 0 Å². The molecule has 2 aromatic rings. The molecule has 0 atom stereocenters. The number of benzene rings is 1. The van der Waals surface area contributed by atoms with E-state index in [0.29, 0.717) is 19.4 Å². The maximum Gasteiger partial charge on any atom is 0.335 e. The summed E-state index contributed by atoms with van der Waals surface area (Å²) in [5.74, 6) is -0.862. The van der Waals surface area contributed by atoms with Crippen LogP contribution in [0.15, 0.2) is 34.1 Å². The first-order valence-corrected chi connectivity index (χ1v) is 8.06. The number of amides is 1. The quantitative estimate of drug-likeness (QED) is 0.902. The van der Waals surface area contributed by atoms with Crippen LogP contribution in [-0.4, -0.2) is 17.0 Å². The molecule has 1 N–H and O–H groups in total. The zero-order valence-electron chi connectivity index (χ0n) is 11.0. The molecule has 6 heteroatoms. The number of hydrogen-bond acceptors (Lipinski definition) is 3. The zero-order chi connectivity index (χ0) is 15.0. The average molecular weight is 366 g/mol. The van der Waals surface area contributed by atoms with E-state index in [0.717, 1.165) is 19.9 Å². The lowest BCUT2D eigenvalue weighted by molar-refractivity contribution is -0.119. The number of aromatic carboxylic acids is 1. The Hall–Kier alpha value is -1.66. The van der Waals surface area contributed by atoms with Crippen LogP contribution in [0.2, 0.25) is 0 Å². The second kappa shape index (κ2) is 5.61. The number of anilines is 1. The van der Waals surface area contributed by atoms with Gasteiger partial charge in [0.1, 0.15) is 0 Å². The van der Waals surface area contributed by atoms with Crippen LogP contribution in [0.25, 0.3) is 0 Å². The van der Waals surface area contributed by atoms with Crippen LogP contribution < -0.4 is 4.90 Å². The summed E-state index contributed by atoms with van der Waals surface area (Å²) in [5.41, 5.74) is 2.01. The van der Waals surface area contributed by atoms with Crippen molar-refractivity contribution < 1.29 is 14.7 Å². The molecule has 0 bridgehead atoms. The van der Waals surface area contributed by atoms with Crippen molar-refractivity contribution in [1.82, 2.24) is 0 Å². The Morgan fingerprint density at radius 3 is 2.76 bits per heavy atom. The topological polar surface area (TPSA) is 57.6 Å². The van der Waals surface area contributed by atoms with Crippen LogP contribution in [0.4, 0.5) is 5.69 Å². The Kier molecular flexibility index (Phi) is 3.82. The minimum atomic E-state index is -0.941. The van der Waals surface area contributed by atoms with E-state index in [1.54, 1.807) is 34.4 Å². The molecule has 4 nitrogen and oxygen atoms in total. The summed E-state index contributed by atoms with van der Waals surface area (Å²) >= 11 is 5.01. The van der Waals surface area contributed by atoms with Crippen molar-refractivity contribution in [1.29, 1.82) is 0 Å². The Morgan fingerprint density at radius 1 is 1.29 bits per heavy atom. The van der Waals surface area contributed by atoms with Gasteiger partial charge in [0.25, 0.3) is 0 Å². The van der Waals surface area contributed by atoms with Crippen LogP contribution in [0.3, 0.4) is 0 Å². The number of carboxylic acid groups (broad SMARTS) is 1. The van der Waals surface area contributed by atoms with Crippen LogP contribution in [0.1, 0.15) is 27.2 Å². The lowest BCUT2D eigenvalue weighted by Crippen LogP contribution is -2.34. The van der Waals surface area contributed by atoms with Gasteiger partial charge in [0.05, 0.1) is 15.9 Å². The van der Waals surface area contributed by atoms with Crippen molar-refractivity contribution in [2.24, 2.45) is 0 Å². The van der Waals surface area contributed by atoms with E-state index in [1.165, 1.54) is 0 Å². The summed E-state index contributed by atoms with van der Waals surface area (Å²) < 4.78 is 1.03. The van der Waals surface area contributed by atoms with Gasteiger partial charge in [-0.2, -0.15) is 0 Å². The maximum atomic E-state index is 12.2. The fourth-order valence-electron chi connectivity index (χ4n) is 2.46. The lowest BCUT2D eigenvalue weighted by Gasteiger charge is -2.29. The number of halogens is 1. The van der Waals surface area contributed by atoms with Gasteiger partial charge < -0.3 is 10.0 Å². The molecule has 2 heterocycles. The normalized spacial score (nSPS) is 14.1. The molecule has 3 rings (SSSR count). The van der Waals surface area contributed by atoms with Crippen molar-refractivity contribution in [3.63, 3.8) is 0 Å². The molecule has 1 aliphatic heterocycles. The first kappa shape index (κ1) is 14.3. The molecule has 108 valence electrons. The standard InChI is InChI=1S/C15H12BrNO3S/c16-13-5-3-11(21-13)8-17-12-4-1-10(15(19)20)7-9(12)2-6-14(17)18/h1,3-5,7H,2,6,8H2,(H,19,20). The van der Waals surface area contributed by atoms with E-state index in [-0.39, 0.29) is 11.5 Å². The Morgan fingerprint density at radius 2 is 2.10 bits per heavy atom. The zero-order valence-corrected chi connectivity index (χ0v) is 13.4. The molecule has 0 spiro atoms. The van der Waals surface area contributed by atoms with Gasteiger partial charge >= 0.3 is 5.97 Å². The van der Waals surface area contributed by atoms with Gasteiger partial charge in [-0.3, -0.25) is 4.79 Å². The molecule has 1 amide bonds. The minimum Gasteiger partial charge on any atom is -0.478 e. The van der Waals surface area contributed by atoms with Crippen LogP contribution in [0.5, 0.6) is 0 Å². The van der Waals surface area contributed by atoms with Crippen LogP contribution >= 0.6 is 27.3 Å². The van der Waals surface area contributed by atoms with Crippen molar-refractivity contribution >= 4 is 44.8 Å². The number of nitrogens with zero attached hydrogens (tertiary/aromatic N) is 1. The van der Waals surface area contributed by atoms with Crippen molar-refractivity contribution in [2.75, 3.05) is 4.90 Å². The molecule has 0 saturated carbocycles. The fourth-order valence-corrected chi connectivity index (χ4v) is 3.93. The molecule has 1 aromatic heterocycles. The van der Waals surface area contributed by atoms with E-state index in [4.69, 9.17) is 5.11 Å². The van der Waals surface area contributed by atoms with Gasteiger partial charge in [-0.05, 0) is 58.2 Å². The largest absolute Gasteiger partial charge is 0.478 e. The van der Waals surface area contributed by atoms with Gasteiger partial charge in [-0.25, -0.2) is 4.79 Å². The van der Waals surface area contributed by atoms with E-state index >= 15 is 0 Å². The second-order valence-electron chi connectivity index (χ2n) is 4.83. The second-order valence-corrected chi connectivity index (χ2v) is 7.38. The third-order valence-electron chi connectivity index (χ3n) is 3.47. The van der Waals surface area contributed by atoms with E-state index in [2.05, 4.69) is 15.9 Å². The van der Waals surface area contributed by atoms with E-state index in [9.17, 15) is 9.59 Å². The first-order valence-electron chi connectivity index (χ1n) is 6.45. The molecule has 21 heavy (non-hydrogen) atoms. The summed E-state index contributed by atoms with van der Waals surface area (Å²) in [7, 11) is 0. The SMILES string of the molecule is O=C(O)c1ccc2c(c1)CCC(=O)N2Cc1ccc(Br)s1. The third kappa shape index (κ3) is 2.87. The molecule has 0 fully saturated rings. The minimum absolute atomic E-state index is 0.0788. The predicted molar refractivity (Wildman–Crippen MR) is 84.9 cm³/mol. The summed E-state index contributed by atoms with van der Waals surface area (Å²) in [5, 5.41) is 9.06. The molecule has 0 unspecified atom stereocenters. The van der Waals surface area contributed by atoms with E-state index < -0.39 is 5.97 Å². The fraction of sp³-hybridized carbons (Fsp3) is 0.200. The van der Waals surface area contributed by atoms with Gasteiger partial charge in [0.15, 0.2) is 0 Å². The van der Waals surface area contributed by atoms with Gasteiger partial charge in [-0.15, -0.1) is 11.3 Å². The number of aryl methyl sites for hydroxylation is 1. The highest BCUT2D eigenvalue weighted by Crippen LogP contribution is 2.32. The summed E-state index contributed by atoms with van der Waals surface area (Å²) in [6.45, 7) is 0.522. The van der Waals surface area contributed by atoms with E-state index in [1.807, 2.05) is 12.1 Å². The predicted octanol–water partition coefficient (Wildman–Crippen LogP) is 3.69. The summed E-state index contributed by atoms with van der Waals surface area (Å²) in [4.78, 5) is 26.1. The molecular formula is C15H12BrNO3S. The van der Waals surface area contributed by atoms with Gasteiger partial charge in [0.2, 0.25) is 5.91 Å². The summed E-state index contributed by atoms with van der Waals surface area (Å²) in [6, 6.07) is 8.90. The number of carbonyl (C=O) groups is 2. The number of rotatable bonds is 3. The first-order chi connectivity index (χ1) is 10.0. The highest BCUT2D eigenvalue weighted by molar-refractivity contribution is 9.11. The van der Waals surface area contributed by atoms with Crippen molar-refractivity contribution in [3.05, 3.63) is 50.1 Å². The molecule has 0 saturated heterocycles. The third-order valence-corrected chi connectivity index (χ3v) is 5.08. The Balaban J connectivity index is 1.95. The van der Waals surface area contributed by atoms with Crippen LogP contribution in [0, 0.1) is 0 Å². The molecule has 1 aromatic carbocycles. The number of hydrogen-bond donors (Lipinski definition) is 1. The highest BCUT2D eigenvalue weighted by atomic mass is 79.9. The molecule has 1 aliphatic rings. The Labute approximate surface area is 134 Å². The van der Waals surface area contributed by atoms with Gasteiger partial charge in [-0.1, -0.05) is 0 Å². The van der Waals surface area contributed by atoms with Gasteiger partial charge in [0, 0.05) is 17.0 Å². The lowest BCUT2D eigenvalue weighted by atomic mass is 9.98. The molecular weight excluding hydrogens is 354 g/mol. The highest BCUT2D eigenvalue weighted by Gasteiger charge is 2.25. The number of fused-ring (bicyclic) bond motifs is 1. The molecule has 0 aliphatic carbocycles. The molecule has 0 radical (unpaired) electrons.